The number of fused-ring (bicyclic) bond motifs is 2. The predicted molar refractivity (Wildman–Crippen MR) is 195 cm³/mol. The molecule has 2 saturated heterocycles. The molecule has 6 nitrogen and oxygen atoms in total. The third-order valence-electron chi connectivity index (χ3n) is 11.3. The van der Waals surface area contributed by atoms with Crippen molar-refractivity contribution in [1.82, 2.24) is 14.9 Å². The highest BCUT2D eigenvalue weighted by Crippen LogP contribution is 2.48. The van der Waals surface area contributed by atoms with E-state index in [-0.39, 0.29) is 0 Å². The lowest BCUT2D eigenvalue weighted by atomic mass is 9.61. The normalized spacial score (nSPS) is 24.0. The Bertz CT molecular complexity index is 1430. The minimum atomic E-state index is 0.535. The van der Waals surface area contributed by atoms with Gasteiger partial charge in [-0.15, -0.1) is 0 Å². The van der Waals surface area contributed by atoms with Gasteiger partial charge in [0.15, 0.2) is 0 Å². The van der Waals surface area contributed by atoms with E-state index < -0.39 is 0 Å². The molecule has 2 aromatic heterocycles. The number of allylic oxidation sites excluding steroid dienone is 1. The van der Waals surface area contributed by atoms with Crippen LogP contribution < -0.4 is 14.7 Å². The molecule has 2 aliphatic carbocycles. The first-order valence-corrected chi connectivity index (χ1v) is 17.8. The molecule has 3 aromatic rings. The summed E-state index contributed by atoms with van der Waals surface area (Å²) < 4.78 is 0. The topological polar surface area (TPSA) is 38.7 Å². The zero-order valence-electron chi connectivity index (χ0n) is 29.0. The molecule has 2 atom stereocenters. The lowest BCUT2D eigenvalue weighted by molar-refractivity contribution is 0.0543. The summed E-state index contributed by atoms with van der Waals surface area (Å²) >= 11 is 0. The Morgan fingerprint density at radius 2 is 1.65 bits per heavy atom. The molecule has 2 aliphatic heterocycles. The number of anilines is 3. The van der Waals surface area contributed by atoms with Crippen LogP contribution >= 0.6 is 0 Å². The third kappa shape index (κ3) is 7.43. The van der Waals surface area contributed by atoms with E-state index in [1.165, 1.54) is 85.3 Å². The molecule has 0 spiro atoms. The van der Waals surface area contributed by atoms with Crippen LogP contribution in [0.2, 0.25) is 0 Å². The van der Waals surface area contributed by atoms with Gasteiger partial charge in [-0.2, -0.15) is 0 Å². The Labute approximate surface area is 278 Å². The van der Waals surface area contributed by atoms with Crippen molar-refractivity contribution >= 4 is 17.2 Å². The quantitative estimate of drug-likeness (QED) is 0.193. The highest BCUT2D eigenvalue weighted by molar-refractivity contribution is 5.67. The summed E-state index contributed by atoms with van der Waals surface area (Å²) in [6, 6.07) is 15.8. The van der Waals surface area contributed by atoms with E-state index in [0.29, 0.717) is 23.7 Å². The Balaban J connectivity index is 1.18. The van der Waals surface area contributed by atoms with Crippen molar-refractivity contribution in [3.05, 3.63) is 78.9 Å². The van der Waals surface area contributed by atoms with Gasteiger partial charge in [0.2, 0.25) is 0 Å². The van der Waals surface area contributed by atoms with Crippen LogP contribution in [0.3, 0.4) is 0 Å². The van der Waals surface area contributed by atoms with E-state index in [0.717, 1.165) is 37.8 Å². The van der Waals surface area contributed by atoms with Gasteiger partial charge in [-0.05, 0) is 155 Å². The predicted octanol–water partition coefficient (Wildman–Crippen LogP) is 8.01. The number of piperidine rings is 2. The maximum absolute atomic E-state index is 5.01. The van der Waals surface area contributed by atoms with E-state index >= 15 is 0 Å². The second kappa shape index (κ2) is 14.6. The Morgan fingerprint density at radius 3 is 2.33 bits per heavy atom. The lowest BCUT2D eigenvalue weighted by Crippen LogP contribution is -2.58. The Morgan fingerprint density at radius 1 is 0.913 bits per heavy atom. The molecular weight excluding hydrogens is 564 g/mol. The highest BCUT2D eigenvalue weighted by atomic mass is 15.2. The Hall–Kier alpha value is -3.38. The van der Waals surface area contributed by atoms with Gasteiger partial charge in [0, 0.05) is 75.0 Å². The number of hydrogen-bond donors (Lipinski definition) is 0. The summed E-state index contributed by atoms with van der Waals surface area (Å²) in [6.07, 6.45) is 16.1. The van der Waals surface area contributed by atoms with Crippen molar-refractivity contribution in [2.75, 3.05) is 69.1 Å². The van der Waals surface area contributed by atoms with Crippen molar-refractivity contribution in [1.29, 1.82) is 0 Å². The van der Waals surface area contributed by atoms with E-state index in [9.17, 15) is 0 Å². The summed E-state index contributed by atoms with van der Waals surface area (Å²) in [5.41, 5.74) is 7.53. The molecule has 1 aromatic carbocycles. The standard InChI is InChI=1S/C40H56N6/c1-7-30-21-34(25-41-24-30)33-18-19-42-40(23-33)46(29(2)32-12-10-31(11-13-32)9-8-20-43(3)4)28-39-35-22-36(39)27-45(26-35)38-16-14-37(15-17-38)44(5)6/h14-19,21,23-25,31-32,35-36,39H,2,7-13,20,22,26-28H2,1,3-6H3. The third-order valence-corrected chi connectivity index (χ3v) is 11.3. The smallest absolute Gasteiger partial charge is 0.133 e. The fourth-order valence-electron chi connectivity index (χ4n) is 8.31. The van der Waals surface area contributed by atoms with Crippen molar-refractivity contribution in [2.24, 2.45) is 29.6 Å². The van der Waals surface area contributed by atoms with Gasteiger partial charge in [-0.1, -0.05) is 13.5 Å². The monoisotopic (exact) mass is 620 g/mol. The average molecular weight is 621 g/mol. The van der Waals surface area contributed by atoms with Crippen LogP contribution in [-0.4, -0.2) is 69.2 Å². The summed E-state index contributed by atoms with van der Waals surface area (Å²) in [5.74, 6) is 4.55. The number of hydrogen-bond acceptors (Lipinski definition) is 6. The molecule has 2 unspecified atom stereocenters. The van der Waals surface area contributed by atoms with Crippen LogP contribution in [0.25, 0.3) is 11.1 Å². The fraction of sp³-hybridized carbons (Fsp3) is 0.550. The molecular formula is C40H56N6. The van der Waals surface area contributed by atoms with Crippen molar-refractivity contribution in [2.45, 2.75) is 58.3 Å². The Kier molecular flexibility index (Phi) is 10.3. The van der Waals surface area contributed by atoms with Crippen molar-refractivity contribution in [3.8, 4) is 11.1 Å². The van der Waals surface area contributed by atoms with Crippen molar-refractivity contribution in [3.63, 3.8) is 0 Å². The SMILES string of the molecule is C=C(C1CCC(CCCN(C)C)CC1)N(CC1C2CC1CN(c1ccc(N(C)C)cc1)C2)c1cc(-c2cncc(CC)c2)ccn1. The molecule has 4 aliphatic rings. The van der Waals surface area contributed by atoms with Gasteiger partial charge < -0.3 is 19.6 Å². The van der Waals surface area contributed by atoms with Crippen LogP contribution in [-0.2, 0) is 6.42 Å². The summed E-state index contributed by atoms with van der Waals surface area (Å²) in [4.78, 5) is 19.2. The maximum atomic E-state index is 5.01. The van der Waals surface area contributed by atoms with E-state index in [4.69, 9.17) is 11.6 Å². The first-order chi connectivity index (χ1) is 22.3. The average Bonchev–Trinajstić information content (AvgIpc) is 3.08. The van der Waals surface area contributed by atoms with Gasteiger partial charge in [-0.25, -0.2) is 4.98 Å². The lowest BCUT2D eigenvalue weighted by Gasteiger charge is -2.56. The minimum absolute atomic E-state index is 0.535. The zero-order valence-corrected chi connectivity index (χ0v) is 29.0. The highest BCUT2D eigenvalue weighted by Gasteiger charge is 2.47. The number of pyridine rings is 2. The van der Waals surface area contributed by atoms with Crippen LogP contribution in [0.1, 0.15) is 57.4 Å². The molecule has 46 heavy (non-hydrogen) atoms. The second-order valence-electron chi connectivity index (χ2n) is 14.8. The number of aryl methyl sites for hydroxylation is 1. The second-order valence-corrected chi connectivity index (χ2v) is 14.8. The molecule has 7 rings (SSSR count). The largest absolute Gasteiger partial charge is 0.378 e. The molecule has 2 bridgehead atoms. The van der Waals surface area contributed by atoms with E-state index in [2.05, 4.69) is 102 Å². The number of aromatic nitrogens is 2. The number of rotatable bonds is 13. The van der Waals surface area contributed by atoms with Crippen LogP contribution in [0.4, 0.5) is 17.2 Å². The van der Waals surface area contributed by atoms with Gasteiger partial charge in [0.25, 0.3) is 0 Å². The molecule has 6 heteroatoms. The minimum Gasteiger partial charge on any atom is -0.378 e. The van der Waals surface area contributed by atoms with Crippen LogP contribution in [0.5, 0.6) is 0 Å². The van der Waals surface area contributed by atoms with Crippen molar-refractivity contribution < 1.29 is 0 Å². The number of nitrogens with zero attached hydrogens (tertiary/aromatic N) is 6. The summed E-state index contributed by atoms with van der Waals surface area (Å²) in [6.45, 7) is 11.5. The molecule has 4 fully saturated rings. The first-order valence-electron chi connectivity index (χ1n) is 17.8. The maximum Gasteiger partial charge on any atom is 0.133 e. The van der Waals surface area contributed by atoms with Crippen LogP contribution in [0.15, 0.2) is 73.3 Å². The first kappa shape index (κ1) is 32.6. The molecule has 0 N–H and O–H groups in total. The molecule has 4 heterocycles. The van der Waals surface area contributed by atoms with E-state index in [1.807, 2.05) is 18.6 Å². The summed E-state index contributed by atoms with van der Waals surface area (Å²) in [5, 5.41) is 0. The van der Waals surface area contributed by atoms with Gasteiger partial charge in [0.1, 0.15) is 5.82 Å². The molecule has 0 amide bonds. The van der Waals surface area contributed by atoms with Gasteiger partial charge in [0.05, 0.1) is 0 Å². The molecule has 2 saturated carbocycles. The number of benzene rings is 1. The molecule has 246 valence electrons. The fourth-order valence-corrected chi connectivity index (χ4v) is 8.31. The zero-order chi connectivity index (χ0) is 32.2. The molecule has 0 radical (unpaired) electrons. The van der Waals surface area contributed by atoms with Gasteiger partial charge in [-0.3, -0.25) is 4.98 Å². The van der Waals surface area contributed by atoms with Gasteiger partial charge >= 0.3 is 0 Å². The van der Waals surface area contributed by atoms with Crippen LogP contribution in [0, 0.1) is 29.6 Å². The summed E-state index contributed by atoms with van der Waals surface area (Å²) in [7, 11) is 8.59. The van der Waals surface area contributed by atoms with E-state index in [1.54, 1.807) is 0 Å².